The molecule has 0 bridgehead atoms. The molecule has 2 rings (SSSR count). The Morgan fingerprint density at radius 2 is 1.69 bits per heavy atom. The zero-order chi connectivity index (χ0) is 20.2. The van der Waals surface area contributed by atoms with Crippen LogP contribution < -0.4 is 15.5 Å². The maximum absolute atomic E-state index is 10.8. The smallest absolute Gasteiger partial charge is 0.191 e. The number of halogens is 1. The topological polar surface area (TPSA) is 69.1 Å². The normalized spacial score (nSPS) is 15.0. The van der Waals surface area contributed by atoms with Crippen LogP contribution in [0.3, 0.4) is 0 Å². The number of anilines is 1. The zero-order valence-electron chi connectivity index (χ0n) is 18.2. The van der Waals surface area contributed by atoms with Crippen molar-refractivity contribution in [3.05, 3.63) is 29.8 Å². The van der Waals surface area contributed by atoms with E-state index < -0.39 is 5.60 Å². The van der Waals surface area contributed by atoms with Crippen LogP contribution >= 0.6 is 24.0 Å². The minimum absolute atomic E-state index is 0. The predicted octanol–water partition coefficient (Wildman–Crippen LogP) is 3.53. The third kappa shape index (κ3) is 9.09. The second kappa shape index (κ2) is 14.0. The SMILES string of the molecule is CCCC(O)(CCC)CNC(=NCc1ccc(N2CCOCC2)cc1)NCC.I. The lowest BCUT2D eigenvalue weighted by atomic mass is 9.93. The Labute approximate surface area is 193 Å². The number of aliphatic hydroxyl groups is 1. The van der Waals surface area contributed by atoms with E-state index in [0.29, 0.717) is 13.1 Å². The predicted molar refractivity (Wildman–Crippen MR) is 132 cm³/mol. The third-order valence-electron chi connectivity index (χ3n) is 5.09. The number of nitrogens with zero attached hydrogens (tertiary/aromatic N) is 2. The molecule has 3 N–H and O–H groups in total. The Morgan fingerprint density at radius 3 is 2.24 bits per heavy atom. The fourth-order valence-corrected chi connectivity index (χ4v) is 3.63. The van der Waals surface area contributed by atoms with E-state index in [-0.39, 0.29) is 24.0 Å². The van der Waals surface area contributed by atoms with Crippen LogP contribution in [0.4, 0.5) is 5.69 Å². The highest BCUT2D eigenvalue weighted by atomic mass is 127. The van der Waals surface area contributed by atoms with Crippen LogP contribution in [0.2, 0.25) is 0 Å². The first-order valence-corrected chi connectivity index (χ1v) is 10.8. The van der Waals surface area contributed by atoms with Crippen LogP contribution in [0.15, 0.2) is 29.3 Å². The van der Waals surface area contributed by atoms with Gasteiger partial charge in [-0.2, -0.15) is 0 Å². The average Bonchev–Trinajstić information content (AvgIpc) is 2.71. The first-order valence-electron chi connectivity index (χ1n) is 10.8. The molecule has 0 atom stereocenters. The van der Waals surface area contributed by atoms with Crippen molar-refractivity contribution in [2.75, 3.05) is 44.3 Å². The average molecular weight is 518 g/mol. The Kier molecular flexibility index (Phi) is 12.6. The molecule has 0 unspecified atom stereocenters. The molecule has 1 aliphatic heterocycles. The van der Waals surface area contributed by atoms with Gasteiger partial charge in [0.15, 0.2) is 5.96 Å². The summed E-state index contributed by atoms with van der Waals surface area (Å²) in [4.78, 5) is 7.05. The summed E-state index contributed by atoms with van der Waals surface area (Å²) < 4.78 is 5.42. The van der Waals surface area contributed by atoms with Gasteiger partial charge in [-0.15, -0.1) is 24.0 Å². The molecule has 0 amide bonds. The van der Waals surface area contributed by atoms with Crippen LogP contribution in [-0.2, 0) is 11.3 Å². The van der Waals surface area contributed by atoms with Crippen molar-refractivity contribution >= 4 is 35.6 Å². The van der Waals surface area contributed by atoms with Gasteiger partial charge < -0.3 is 25.4 Å². The fraction of sp³-hybridized carbons (Fsp3) is 0.682. The van der Waals surface area contributed by atoms with Gasteiger partial charge in [0.05, 0.1) is 25.4 Å². The number of morpholine rings is 1. The number of guanidine groups is 1. The maximum atomic E-state index is 10.8. The quantitative estimate of drug-likeness (QED) is 0.251. The van der Waals surface area contributed by atoms with Crippen LogP contribution in [0.1, 0.15) is 52.0 Å². The van der Waals surface area contributed by atoms with Crippen molar-refractivity contribution in [2.45, 2.75) is 58.6 Å². The lowest BCUT2D eigenvalue weighted by Gasteiger charge is -2.29. The molecule has 0 radical (unpaired) electrons. The standard InChI is InChI=1S/C22H38N4O2.HI/c1-4-11-22(27,12-5-2)18-25-21(23-6-3)24-17-19-7-9-20(10-8-19)26-13-15-28-16-14-26;/h7-10,27H,4-6,11-18H2,1-3H3,(H2,23,24,25);1H. The number of aliphatic imine (C=N–C) groups is 1. The highest BCUT2D eigenvalue weighted by Gasteiger charge is 2.24. The zero-order valence-corrected chi connectivity index (χ0v) is 20.6. The molecule has 1 saturated heterocycles. The highest BCUT2D eigenvalue weighted by molar-refractivity contribution is 14.0. The summed E-state index contributed by atoms with van der Waals surface area (Å²) in [5.74, 6) is 0.755. The van der Waals surface area contributed by atoms with Crippen molar-refractivity contribution in [1.82, 2.24) is 10.6 Å². The Morgan fingerprint density at radius 1 is 1.07 bits per heavy atom. The monoisotopic (exact) mass is 518 g/mol. The molecule has 1 heterocycles. The summed E-state index contributed by atoms with van der Waals surface area (Å²) in [6.07, 6.45) is 3.55. The van der Waals surface area contributed by atoms with Gasteiger partial charge in [-0.05, 0) is 37.5 Å². The molecule has 166 valence electrons. The second-order valence-corrected chi connectivity index (χ2v) is 7.54. The first-order chi connectivity index (χ1) is 13.6. The molecule has 7 heteroatoms. The summed E-state index contributed by atoms with van der Waals surface area (Å²) in [7, 11) is 0. The Bertz CT molecular complexity index is 583. The van der Waals surface area contributed by atoms with E-state index in [1.165, 1.54) is 11.3 Å². The number of nitrogens with one attached hydrogen (secondary N) is 2. The molecule has 1 aromatic carbocycles. The molecule has 1 fully saturated rings. The summed E-state index contributed by atoms with van der Waals surface area (Å²) in [6.45, 7) is 11.7. The van der Waals surface area contributed by atoms with Gasteiger partial charge in [0.1, 0.15) is 0 Å². The lowest BCUT2D eigenvalue weighted by Crippen LogP contribution is -2.47. The molecule has 0 aliphatic carbocycles. The van der Waals surface area contributed by atoms with Gasteiger partial charge in [0.2, 0.25) is 0 Å². The van der Waals surface area contributed by atoms with E-state index in [9.17, 15) is 5.11 Å². The second-order valence-electron chi connectivity index (χ2n) is 7.54. The highest BCUT2D eigenvalue weighted by Crippen LogP contribution is 2.19. The fourth-order valence-electron chi connectivity index (χ4n) is 3.63. The van der Waals surface area contributed by atoms with Crippen molar-refractivity contribution in [2.24, 2.45) is 4.99 Å². The van der Waals surface area contributed by atoms with Crippen molar-refractivity contribution < 1.29 is 9.84 Å². The molecular formula is C22H39IN4O2. The van der Waals surface area contributed by atoms with Crippen molar-refractivity contribution in [3.8, 4) is 0 Å². The molecule has 0 saturated carbocycles. The van der Waals surface area contributed by atoms with E-state index in [1.807, 2.05) is 0 Å². The van der Waals surface area contributed by atoms with Gasteiger partial charge in [0, 0.05) is 31.9 Å². The van der Waals surface area contributed by atoms with E-state index in [2.05, 4.69) is 60.6 Å². The van der Waals surface area contributed by atoms with E-state index in [4.69, 9.17) is 9.73 Å². The number of ether oxygens (including phenoxy) is 1. The Hall–Kier alpha value is -1.06. The van der Waals surface area contributed by atoms with Crippen LogP contribution in [0.25, 0.3) is 0 Å². The van der Waals surface area contributed by atoms with Crippen molar-refractivity contribution in [3.63, 3.8) is 0 Å². The molecule has 6 nitrogen and oxygen atoms in total. The van der Waals surface area contributed by atoms with Gasteiger partial charge >= 0.3 is 0 Å². The minimum atomic E-state index is -0.667. The van der Waals surface area contributed by atoms with E-state index in [1.54, 1.807) is 0 Å². The maximum Gasteiger partial charge on any atom is 0.191 e. The van der Waals surface area contributed by atoms with E-state index >= 15 is 0 Å². The largest absolute Gasteiger partial charge is 0.388 e. The third-order valence-corrected chi connectivity index (χ3v) is 5.09. The van der Waals surface area contributed by atoms with Gasteiger partial charge in [-0.1, -0.05) is 38.8 Å². The molecule has 1 aromatic rings. The van der Waals surface area contributed by atoms with Crippen LogP contribution in [0, 0.1) is 0 Å². The van der Waals surface area contributed by atoms with Crippen LogP contribution in [0.5, 0.6) is 0 Å². The Balaban J connectivity index is 0.00000420. The number of hydrogen-bond acceptors (Lipinski definition) is 4. The molecule has 0 spiro atoms. The number of hydrogen-bond donors (Lipinski definition) is 3. The van der Waals surface area contributed by atoms with Gasteiger partial charge in [0.25, 0.3) is 0 Å². The number of rotatable bonds is 10. The van der Waals surface area contributed by atoms with E-state index in [0.717, 1.165) is 64.5 Å². The summed E-state index contributed by atoms with van der Waals surface area (Å²) in [6, 6.07) is 8.61. The van der Waals surface area contributed by atoms with Gasteiger partial charge in [-0.3, -0.25) is 0 Å². The molecule has 29 heavy (non-hydrogen) atoms. The lowest BCUT2D eigenvalue weighted by molar-refractivity contribution is 0.0257. The van der Waals surface area contributed by atoms with Crippen molar-refractivity contribution in [1.29, 1.82) is 0 Å². The molecular weight excluding hydrogens is 479 g/mol. The molecule has 1 aliphatic rings. The first kappa shape index (κ1) is 26.0. The minimum Gasteiger partial charge on any atom is -0.388 e. The molecule has 0 aromatic heterocycles. The summed E-state index contributed by atoms with van der Waals surface area (Å²) >= 11 is 0. The van der Waals surface area contributed by atoms with Crippen LogP contribution in [-0.4, -0.2) is 56.1 Å². The summed E-state index contributed by atoms with van der Waals surface area (Å²) in [5.41, 5.74) is 1.75. The summed E-state index contributed by atoms with van der Waals surface area (Å²) in [5, 5.41) is 17.4. The number of benzene rings is 1. The van der Waals surface area contributed by atoms with Gasteiger partial charge in [-0.25, -0.2) is 4.99 Å².